The SMILES string of the molecule is C/C(=C/C(=O)N1CCO[C@@H](CC(=O)O)C1)C1CC1. The van der Waals surface area contributed by atoms with Crippen LogP contribution in [0.1, 0.15) is 26.2 Å². The Hall–Kier alpha value is -1.36. The van der Waals surface area contributed by atoms with Crippen molar-refractivity contribution in [3.63, 3.8) is 0 Å². The summed E-state index contributed by atoms with van der Waals surface area (Å²) in [5, 5.41) is 8.72. The third kappa shape index (κ3) is 3.57. The number of amides is 1. The number of morpholine rings is 1. The molecular weight excluding hydrogens is 234 g/mol. The average Bonchev–Trinajstić information content (AvgIpc) is 3.12. The van der Waals surface area contributed by atoms with Gasteiger partial charge >= 0.3 is 5.97 Å². The zero-order valence-corrected chi connectivity index (χ0v) is 10.6. The first kappa shape index (κ1) is 13.1. The van der Waals surface area contributed by atoms with Gasteiger partial charge in [-0.25, -0.2) is 0 Å². The maximum absolute atomic E-state index is 12.0. The lowest BCUT2D eigenvalue weighted by Gasteiger charge is -2.31. The molecule has 1 heterocycles. The van der Waals surface area contributed by atoms with Gasteiger partial charge in [0.1, 0.15) is 0 Å². The molecule has 18 heavy (non-hydrogen) atoms. The molecule has 5 nitrogen and oxygen atoms in total. The summed E-state index contributed by atoms with van der Waals surface area (Å²) >= 11 is 0. The number of carbonyl (C=O) groups excluding carboxylic acids is 1. The molecule has 0 unspecified atom stereocenters. The lowest BCUT2D eigenvalue weighted by molar-refractivity contribution is -0.145. The number of aliphatic carboxylic acids is 1. The Morgan fingerprint density at radius 3 is 2.78 bits per heavy atom. The number of hydrogen-bond donors (Lipinski definition) is 1. The smallest absolute Gasteiger partial charge is 0.306 e. The number of carboxylic acid groups (broad SMARTS) is 1. The minimum atomic E-state index is -0.890. The minimum Gasteiger partial charge on any atom is -0.481 e. The molecule has 0 bridgehead atoms. The second-order valence-corrected chi connectivity index (χ2v) is 5.04. The first-order valence-electron chi connectivity index (χ1n) is 6.36. The summed E-state index contributed by atoms with van der Waals surface area (Å²) in [5.74, 6) is -0.318. The number of hydrogen-bond acceptors (Lipinski definition) is 3. The fourth-order valence-electron chi connectivity index (χ4n) is 2.18. The Kier molecular flexibility index (Phi) is 4.01. The van der Waals surface area contributed by atoms with E-state index in [9.17, 15) is 9.59 Å². The quantitative estimate of drug-likeness (QED) is 0.760. The Bertz CT molecular complexity index is 373. The van der Waals surface area contributed by atoms with Crippen molar-refractivity contribution in [3.8, 4) is 0 Å². The van der Waals surface area contributed by atoms with Gasteiger partial charge in [0.25, 0.3) is 0 Å². The lowest BCUT2D eigenvalue weighted by atomic mass is 10.1. The maximum Gasteiger partial charge on any atom is 0.306 e. The Labute approximate surface area is 106 Å². The number of carbonyl (C=O) groups is 2. The highest BCUT2D eigenvalue weighted by Crippen LogP contribution is 2.36. The summed E-state index contributed by atoms with van der Waals surface area (Å²) in [6.45, 7) is 3.33. The van der Waals surface area contributed by atoms with E-state index in [2.05, 4.69) is 0 Å². The summed E-state index contributed by atoms with van der Waals surface area (Å²) in [4.78, 5) is 24.3. The second kappa shape index (κ2) is 5.52. The Morgan fingerprint density at radius 1 is 1.44 bits per heavy atom. The van der Waals surface area contributed by atoms with Gasteiger partial charge in [0.2, 0.25) is 5.91 Å². The third-order valence-electron chi connectivity index (χ3n) is 3.43. The van der Waals surface area contributed by atoms with Gasteiger partial charge in [-0.2, -0.15) is 0 Å². The van der Waals surface area contributed by atoms with E-state index in [0.717, 1.165) is 5.57 Å². The molecule has 0 aromatic heterocycles. The summed E-state index contributed by atoms with van der Waals surface area (Å²) in [6, 6.07) is 0. The molecule has 2 rings (SSSR count). The van der Waals surface area contributed by atoms with Crippen molar-refractivity contribution in [1.82, 2.24) is 4.90 Å². The predicted octanol–water partition coefficient (Wildman–Crippen LogP) is 1.04. The first-order chi connectivity index (χ1) is 8.56. The zero-order valence-electron chi connectivity index (χ0n) is 10.6. The molecule has 1 N–H and O–H groups in total. The third-order valence-corrected chi connectivity index (χ3v) is 3.43. The predicted molar refractivity (Wildman–Crippen MR) is 65.1 cm³/mol. The molecule has 2 fully saturated rings. The Morgan fingerprint density at radius 2 is 2.17 bits per heavy atom. The van der Waals surface area contributed by atoms with Crippen LogP contribution in [0.15, 0.2) is 11.6 Å². The van der Waals surface area contributed by atoms with Crippen LogP contribution >= 0.6 is 0 Å². The van der Waals surface area contributed by atoms with E-state index in [4.69, 9.17) is 9.84 Å². The zero-order chi connectivity index (χ0) is 13.1. The number of allylic oxidation sites excluding steroid dienone is 1. The number of ether oxygens (including phenoxy) is 1. The molecule has 100 valence electrons. The minimum absolute atomic E-state index is 0.0157. The average molecular weight is 253 g/mol. The van der Waals surface area contributed by atoms with Gasteiger partial charge in [0.05, 0.1) is 19.1 Å². The molecule has 0 radical (unpaired) electrons. The van der Waals surface area contributed by atoms with Gasteiger partial charge in [0.15, 0.2) is 0 Å². The highest BCUT2D eigenvalue weighted by molar-refractivity contribution is 5.88. The van der Waals surface area contributed by atoms with Crippen LogP contribution in [0.5, 0.6) is 0 Å². The van der Waals surface area contributed by atoms with Crippen molar-refractivity contribution in [2.24, 2.45) is 5.92 Å². The van der Waals surface area contributed by atoms with E-state index in [0.29, 0.717) is 25.6 Å². The fraction of sp³-hybridized carbons (Fsp3) is 0.692. The summed E-state index contributed by atoms with van der Waals surface area (Å²) in [6.07, 6.45) is 3.63. The highest BCUT2D eigenvalue weighted by atomic mass is 16.5. The first-order valence-corrected chi connectivity index (χ1v) is 6.36. The molecule has 1 saturated heterocycles. The molecule has 0 spiro atoms. The summed E-state index contributed by atoms with van der Waals surface area (Å²) in [7, 11) is 0. The van der Waals surface area contributed by atoms with E-state index < -0.39 is 5.97 Å². The highest BCUT2D eigenvalue weighted by Gasteiger charge is 2.27. The van der Waals surface area contributed by atoms with Gasteiger partial charge < -0.3 is 14.7 Å². The van der Waals surface area contributed by atoms with E-state index in [1.807, 2.05) is 6.92 Å². The summed E-state index contributed by atoms with van der Waals surface area (Å²) < 4.78 is 5.34. The molecule has 1 aliphatic heterocycles. The van der Waals surface area contributed by atoms with Gasteiger partial charge in [-0.15, -0.1) is 0 Å². The normalized spacial score (nSPS) is 25.1. The second-order valence-electron chi connectivity index (χ2n) is 5.04. The van der Waals surface area contributed by atoms with Crippen molar-refractivity contribution in [2.45, 2.75) is 32.3 Å². The van der Waals surface area contributed by atoms with Crippen molar-refractivity contribution < 1.29 is 19.4 Å². The van der Waals surface area contributed by atoms with Gasteiger partial charge in [-0.3, -0.25) is 9.59 Å². The van der Waals surface area contributed by atoms with E-state index in [-0.39, 0.29) is 18.4 Å². The van der Waals surface area contributed by atoms with Crippen LogP contribution in [-0.4, -0.2) is 47.7 Å². The van der Waals surface area contributed by atoms with Crippen LogP contribution in [-0.2, 0) is 14.3 Å². The molecule has 1 saturated carbocycles. The molecule has 1 aliphatic carbocycles. The fourth-order valence-corrected chi connectivity index (χ4v) is 2.18. The molecule has 5 heteroatoms. The van der Waals surface area contributed by atoms with Crippen molar-refractivity contribution in [3.05, 3.63) is 11.6 Å². The van der Waals surface area contributed by atoms with Gasteiger partial charge in [0, 0.05) is 19.2 Å². The molecule has 1 amide bonds. The van der Waals surface area contributed by atoms with Gasteiger partial charge in [-0.05, 0) is 25.7 Å². The molecule has 2 aliphatic rings. The van der Waals surface area contributed by atoms with Crippen LogP contribution in [0.4, 0.5) is 0 Å². The lowest BCUT2D eigenvalue weighted by Crippen LogP contribution is -2.45. The molecule has 0 aromatic carbocycles. The molecule has 0 aromatic rings. The monoisotopic (exact) mass is 253 g/mol. The number of carboxylic acids is 1. The van der Waals surface area contributed by atoms with Gasteiger partial charge in [-0.1, -0.05) is 5.57 Å². The van der Waals surface area contributed by atoms with E-state index in [1.54, 1.807) is 11.0 Å². The van der Waals surface area contributed by atoms with Crippen molar-refractivity contribution >= 4 is 11.9 Å². The molecule has 1 atom stereocenters. The van der Waals surface area contributed by atoms with Crippen LogP contribution in [0.25, 0.3) is 0 Å². The number of nitrogens with zero attached hydrogens (tertiary/aromatic N) is 1. The topological polar surface area (TPSA) is 66.8 Å². The van der Waals surface area contributed by atoms with E-state index >= 15 is 0 Å². The van der Waals surface area contributed by atoms with E-state index in [1.165, 1.54) is 12.8 Å². The van der Waals surface area contributed by atoms with Crippen LogP contribution in [0.3, 0.4) is 0 Å². The summed E-state index contributed by atoms with van der Waals surface area (Å²) in [5.41, 5.74) is 1.14. The Balaban J connectivity index is 1.89. The maximum atomic E-state index is 12.0. The van der Waals surface area contributed by atoms with Crippen LogP contribution in [0.2, 0.25) is 0 Å². The standard InChI is InChI=1S/C13H19NO4/c1-9(10-2-3-10)6-12(15)14-4-5-18-11(8-14)7-13(16)17/h6,10-11H,2-5,7-8H2,1H3,(H,16,17)/b9-6-/t11-/m0/s1. The molecular formula is C13H19NO4. The van der Waals surface area contributed by atoms with Crippen LogP contribution < -0.4 is 0 Å². The van der Waals surface area contributed by atoms with Crippen LogP contribution in [0, 0.1) is 5.92 Å². The largest absolute Gasteiger partial charge is 0.481 e. The van der Waals surface area contributed by atoms with Crippen molar-refractivity contribution in [1.29, 1.82) is 0 Å². The number of rotatable bonds is 4. The van der Waals surface area contributed by atoms with Crippen molar-refractivity contribution in [2.75, 3.05) is 19.7 Å².